The molecule has 4 aromatic rings. The second-order valence-corrected chi connectivity index (χ2v) is 9.38. The molecular formula is C27H28ClN5O. The van der Waals surface area contributed by atoms with Gasteiger partial charge in [0.25, 0.3) is 5.91 Å². The van der Waals surface area contributed by atoms with E-state index in [1.165, 1.54) is 5.56 Å². The Bertz CT molecular complexity index is 1370. The molecule has 0 aliphatic carbocycles. The maximum atomic E-state index is 13.7. The van der Waals surface area contributed by atoms with Gasteiger partial charge in [-0.25, -0.2) is 4.98 Å². The average Bonchev–Trinajstić information content (AvgIpc) is 3.09. The van der Waals surface area contributed by atoms with Gasteiger partial charge in [-0.3, -0.25) is 14.4 Å². The Labute approximate surface area is 204 Å². The Balaban J connectivity index is 1.41. The molecule has 0 unspecified atom stereocenters. The van der Waals surface area contributed by atoms with Gasteiger partial charge in [0.05, 0.1) is 22.5 Å². The molecule has 0 atom stereocenters. The number of halogens is 1. The summed E-state index contributed by atoms with van der Waals surface area (Å²) < 4.78 is 1.86. The predicted molar refractivity (Wildman–Crippen MR) is 136 cm³/mol. The molecule has 1 amide bonds. The number of benzene rings is 2. The summed E-state index contributed by atoms with van der Waals surface area (Å²) in [7, 11) is 1.93. The molecule has 0 spiro atoms. The van der Waals surface area contributed by atoms with Crippen molar-refractivity contribution < 1.29 is 4.79 Å². The molecule has 1 aliphatic heterocycles. The van der Waals surface area contributed by atoms with Gasteiger partial charge in [0.1, 0.15) is 0 Å². The molecule has 2 aromatic heterocycles. The zero-order chi connectivity index (χ0) is 23.8. The predicted octanol–water partition coefficient (Wildman–Crippen LogP) is 4.86. The normalized spacial score (nSPS) is 14.6. The van der Waals surface area contributed by atoms with Crippen molar-refractivity contribution in [2.24, 2.45) is 7.05 Å². The summed E-state index contributed by atoms with van der Waals surface area (Å²) in [5, 5.41) is 6.19. The Morgan fingerprint density at radius 1 is 1.00 bits per heavy atom. The summed E-state index contributed by atoms with van der Waals surface area (Å²) in [6.45, 7) is 7.90. The van der Waals surface area contributed by atoms with Gasteiger partial charge >= 0.3 is 0 Å². The lowest BCUT2D eigenvalue weighted by atomic mass is 10.0. The molecule has 0 radical (unpaired) electrons. The average molecular weight is 474 g/mol. The van der Waals surface area contributed by atoms with E-state index in [-0.39, 0.29) is 5.91 Å². The fraction of sp³-hybridized carbons (Fsp3) is 0.296. The zero-order valence-electron chi connectivity index (χ0n) is 19.8. The first-order valence-corrected chi connectivity index (χ1v) is 11.9. The molecule has 2 aromatic carbocycles. The van der Waals surface area contributed by atoms with Crippen LogP contribution in [0.2, 0.25) is 5.02 Å². The summed E-state index contributed by atoms with van der Waals surface area (Å²) in [6, 6.07) is 17.8. The van der Waals surface area contributed by atoms with Gasteiger partial charge < -0.3 is 4.90 Å². The summed E-state index contributed by atoms with van der Waals surface area (Å²) in [6.07, 6.45) is 0. The first kappa shape index (κ1) is 22.6. The molecule has 6 nitrogen and oxygen atoms in total. The van der Waals surface area contributed by atoms with Gasteiger partial charge in [-0.05, 0) is 43.7 Å². The van der Waals surface area contributed by atoms with Crippen LogP contribution in [-0.2, 0) is 13.6 Å². The molecule has 0 bridgehead atoms. The standard InChI is InChI=1S/C27H28ClN5O/c1-18-26(19(2)31(3)30-18)25-16-23(22-9-4-5-10-24(22)29-25)27(34)33-13-11-32(12-14-33)17-20-7-6-8-21(28)15-20/h4-10,15-16H,11-14,17H2,1-3H3. The summed E-state index contributed by atoms with van der Waals surface area (Å²) >= 11 is 6.14. The van der Waals surface area contributed by atoms with Crippen LogP contribution in [0.15, 0.2) is 54.6 Å². The number of para-hydroxylation sites is 1. The Morgan fingerprint density at radius 3 is 2.47 bits per heavy atom. The third-order valence-corrected chi connectivity index (χ3v) is 6.90. The van der Waals surface area contributed by atoms with E-state index in [2.05, 4.69) is 16.1 Å². The van der Waals surface area contributed by atoms with Crippen LogP contribution in [0.1, 0.15) is 27.3 Å². The van der Waals surface area contributed by atoms with Crippen molar-refractivity contribution >= 4 is 28.4 Å². The first-order chi connectivity index (χ1) is 16.4. The van der Waals surface area contributed by atoms with Crippen molar-refractivity contribution in [3.05, 3.63) is 82.1 Å². The number of nitrogens with zero attached hydrogens (tertiary/aromatic N) is 5. The largest absolute Gasteiger partial charge is 0.336 e. The van der Waals surface area contributed by atoms with E-state index >= 15 is 0 Å². The van der Waals surface area contributed by atoms with Crippen LogP contribution in [0.25, 0.3) is 22.2 Å². The van der Waals surface area contributed by atoms with Gasteiger partial charge in [0.2, 0.25) is 0 Å². The van der Waals surface area contributed by atoms with Gasteiger partial charge in [-0.1, -0.05) is 41.9 Å². The van der Waals surface area contributed by atoms with Crippen molar-refractivity contribution in [2.75, 3.05) is 26.2 Å². The molecule has 3 heterocycles. The quantitative estimate of drug-likeness (QED) is 0.424. The van der Waals surface area contributed by atoms with Crippen molar-refractivity contribution in [3.8, 4) is 11.3 Å². The molecule has 34 heavy (non-hydrogen) atoms. The molecule has 0 saturated carbocycles. The minimum atomic E-state index is 0.0569. The Morgan fingerprint density at radius 2 is 1.76 bits per heavy atom. The number of piperazine rings is 1. The molecule has 7 heteroatoms. The fourth-order valence-electron chi connectivity index (χ4n) is 4.80. The number of carbonyl (C=O) groups is 1. The maximum Gasteiger partial charge on any atom is 0.254 e. The molecule has 174 valence electrons. The topological polar surface area (TPSA) is 54.3 Å². The number of hydrogen-bond donors (Lipinski definition) is 0. The van der Waals surface area contributed by atoms with E-state index in [9.17, 15) is 4.79 Å². The molecule has 1 fully saturated rings. The lowest BCUT2D eigenvalue weighted by Crippen LogP contribution is -2.48. The Hall–Kier alpha value is -3.22. The first-order valence-electron chi connectivity index (χ1n) is 11.6. The van der Waals surface area contributed by atoms with Crippen molar-refractivity contribution in [1.82, 2.24) is 24.6 Å². The molecular weight excluding hydrogens is 446 g/mol. The number of amides is 1. The van der Waals surface area contributed by atoms with E-state index in [4.69, 9.17) is 16.6 Å². The van der Waals surface area contributed by atoms with Gasteiger partial charge in [-0.15, -0.1) is 0 Å². The van der Waals surface area contributed by atoms with Gasteiger partial charge in [-0.2, -0.15) is 5.10 Å². The highest BCUT2D eigenvalue weighted by atomic mass is 35.5. The summed E-state index contributed by atoms with van der Waals surface area (Å²) in [4.78, 5) is 22.9. The molecule has 5 rings (SSSR count). The number of pyridine rings is 1. The molecule has 0 N–H and O–H groups in total. The monoisotopic (exact) mass is 473 g/mol. The number of carbonyl (C=O) groups excluding carboxylic acids is 1. The van der Waals surface area contributed by atoms with E-state index in [0.717, 1.165) is 58.2 Å². The van der Waals surface area contributed by atoms with Crippen LogP contribution in [-0.4, -0.2) is 56.7 Å². The molecule has 1 aliphatic rings. The molecule has 1 saturated heterocycles. The van der Waals surface area contributed by atoms with E-state index in [0.29, 0.717) is 18.7 Å². The Kier molecular flexibility index (Phi) is 6.11. The lowest BCUT2D eigenvalue weighted by molar-refractivity contribution is 0.0630. The summed E-state index contributed by atoms with van der Waals surface area (Å²) in [5.41, 5.74) is 6.46. The number of fused-ring (bicyclic) bond motifs is 1. The number of aromatic nitrogens is 3. The third kappa shape index (κ3) is 4.31. The third-order valence-electron chi connectivity index (χ3n) is 6.67. The van der Waals surface area contributed by atoms with Crippen molar-refractivity contribution in [1.29, 1.82) is 0 Å². The van der Waals surface area contributed by atoms with Gasteiger partial charge in [0.15, 0.2) is 0 Å². The maximum absolute atomic E-state index is 13.7. The number of rotatable bonds is 4. The SMILES string of the molecule is Cc1nn(C)c(C)c1-c1cc(C(=O)N2CCN(Cc3cccc(Cl)c3)CC2)c2ccccc2n1. The van der Waals surface area contributed by atoms with Crippen LogP contribution in [0.4, 0.5) is 0 Å². The lowest BCUT2D eigenvalue weighted by Gasteiger charge is -2.35. The van der Waals surface area contributed by atoms with Crippen LogP contribution in [0.5, 0.6) is 0 Å². The number of aryl methyl sites for hydroxylation is 2. The van der Waals surface area contributed by atoms with Crippen LogP contribution < -0.4 is 0 Å². The minimum absolute atomic E-state index is 0.0569. The van der Waals surface area contributed by atoms with E-state index in [1.54, 1.807) is 0 Å². The van der Waals surface area contributed by atoms with Crippen LogP contribution in [0, 0.1) is 13.8 Å². The zero-order valence-corrected chi connectivity index (χ0v) is 20.5. The van der Waals surface area contributed by atoms with E-state index < -0.39 is 0 Å². The highest BCUT2D eigenvalue weighted by Crippen LogP contribution is 2.30. The van der Waals surface area contributed by atoms with Crippen LogP contribution in [0.3, 0.4) is 0 Å². The summed E-state index contributed by atoms with van der Waals surface area (Å²) in [5.74, 6) is 0.0569. The van der Waals surface area contributed by atoms with Crippen molar-refractivity contribution in [3.63, 3.8) is 0 Å². The second-order valence-electron chi connectivity index (χ2n) is 8.94. The van der Waals surface area contributed by atoms with Crippen LogP contribution >= 0.6 is 11.6 Å². The smallest absolute Gasteiger partial charge is 0.254 e. The van der Waals surface area contributed by atoms with E-state index in [1.807, 2.05) is 79.0 Å². The fourth-order valence-corrected chi connectivity index (χ4v) is 5.01. The van der Waals surface area contributed by atoms with Crippen molar-refractivity contribution in [2.45, 2.75) is 20.4 Å². The second kappa shape index (κ2) is 9.20. The number of hydrogen-bond acceptors (Lipinski definition) is 4. The minimum Gasteiger partial charge on any atom is -0.336 e. The highest BCUT2D eigenvalue weighted by molar-refractivity contribution is 6.30. The van der Waals surface area contributed by atoms with Gasteiger partial charge in [0, 0.05) is 61.4 Å². The highest BCUT2D eigenvalue weighted by Gasteiger charge is 2.25.